The highest BCUT2D eigenvalue weighted by Crippen LogP contribution is 2.20. The summed E-state index contributed by atoms with van der Waals surface area (Å²) in [5.74, 6) is 0.250. The van der Waals surface area contributed by atoms with Gasteiger partial charge in [0.05, 0.1) is 11.0 Å². The van der Waals surface area contributed by atoms with E-state index in [9.17, 15) is 18.6 Å². The lowest BCUT2D eigenvalue weighted by Gasteiger charge is -2.18. The van der Waals surface area contributed by atoms with Gasteiger partial charge in [0.15, 0.2) is 0 Å². The molecule has 0 radical (unpaired) electrons. The molecule has 2 unspecified atom stereocenters. The number of aromatic hydroxyl groups is 1. The van der Waals surface area contributed by atoms with Crippen LogP contribution in [0, 0.1) is 6.92 Å². The van der Waals surface area contributed by atoms with Crippen LogP contribution < -0.4 is 10.5 Å². The highest BCUT2D eigenvalue weighted by Gasteiger charge is 2.16. The minimum atomic E-state index is -3.81. The number of hydrogen-bond acceptors (Lipinski definition) is 5. The lowest BCUT2D eigenvalue weighted by molar-refractivity contribution is 0.170. The Morgan fingerprint density at radius 2 is 1.78 bits per heavy atom. The summed E-state index contributed by atoms with van der Waals surface area (Å²) >= 11 is 0. The normalized spacial score (nSPS) is 13.6. The fourth-order valence-corrected chi connectivity index (χ4v) is 3.53. The molecule has 0 saturated carbocycles. The molecule has 0 heterocycles. The van der Waals surface area contributed by atoms with Crippen LogP contribution in [0.4, 0.5) is 0 Å². The standard InChI is InChI=1S/C19H26N2O4S.ClH/c1-13-3-8-16(11-19(13)26(20,24)25)18(23)12-21-14(2)4-5-15-6-9-17(22)10-7-15;/h3,6-11,14,18,21-23H,4-5,12H2,1-2H3,(H2,20,24,25);1H. The van der Waals surface area contributed by atoms with Crippen LogP contribution in [0.25, 0.3) is 0 Å². The van der Waals surface area contributed by atoms with Crippen LogP contribution in [0.5, 0.6) is 5.75 Å². The van der Waals surface area contributed by atoms with Gasteiger partial charge in [-0.2, -0.15) is 0 Å². The fourth-order valence-electron chi connectivity index (χ4n) is 2.71. The second kappa shape index (κ2) is 10.1. The van der Waals surface area contributed by atoms with Crippen molar-refractivity contribution >= 4 is 22.4 Å². The first-order valence-electron chi connectivity index (χ1n) is 8.49. The SMILES string of the molecule is Cc1ccc(C(O)CNC(C)CCc2ccc(O)cc2)cc1S(N)(=O)=O.Cl. The number of aliphatic hydroxyl groups excluding tert-OH is 1. The Hall–Kier alpha value is -1.64. The Morgan fingerprint density at radius 1 is 1.15 bits per heavy atom. The summed E-state index contributed by atoms with van der Waals surface area (Å²) in [6.45, 7) is 4.00. The maximum absolute atomic E-state index is 11.6. The number of primary sulfonamides is 1. The second-order valence-corrected chi connectivity index (χ2v) is 8.13. The van der Waals surface area contributed by atoms with Crippen molar-refractivity contribution in [2.45, 2.75) is 43.7 Å². The lowest BCUT2D eigenvalue weighted by atomic mass is 10.0. The van der Waals surface area contributed by atoms with Crippen LogP contribution in [0.1, 0.15) is 36.1 Å². The fraction of sp³-hybridized carbons (Fsp3) is 0.368. The maximum atomic E-state index is 11.6. The maximum Gasteiger partial charge on any atom is 0.238 e. The summed E-state index contributed by atoms with van der Waals surface area (Å²) in [7, 11) is -3.81. The van der Waals surface area contributed by atoms with E-state index < -0.39 is 16.1 Å². The van der Waals surface area contributed by atoms with Crippen molar-refractivity contribution in [1.82, 2.24) is 5.32 Å². The monoisotopic (exact) mass is 414 g/mol. The predicted molar refractivity (Wildman–Crippen MR) is 109 cm³/mol. The summed E-state index contributed by atoms with van der Waals surface area (Å²) in [5, 5.41) is 28.1. The summed E-state index contributed by atoms with van der Waals surface area (Å²) in [4.78, 5) is 0.0365. The number of aryl methyl sites for hydroxylation is 2. The van der Waals surface area contributed by atoms with Gasteiger partial charge in [-0.25, -0.2) is 13.6 Å². The Morgan fingerprint density at radius 3 is 2.37 bits per heavy atom. The van der Waals surface area contributed by atoms with Crippen molar-refractivity contribution in [3.8, 4) is 5.75 Å². The summed E-state index contributed by atoms with van der Waals surface area (Å²) < 4.78 is 23.2. The number of phenolic OH excluding ortho intramolecular Hbond substituents is 1. The molecular weight excluding hydrogens is 388 g/mol. The molecule has 27 heavy (non-hydrogen) atoms. The second-order valence-electron chi connectivity index (χ2n) is 6.60. The van der Waals surface area contributed by atoms with Gasteiger partial charge < -0.3 is 15.5 Å². The zero-order valence-corrected chi connectivity index (χ0v) is 17.1. The molecule has 0 saturated heterocycles. The first-order valence-corrected chi connectivity index (χ1v) is 10.0. The minimum absolute atomic E-state index is 0. The number of rotatable bonds is 8. The summed E-state index contributed by atoms with van der Waals surface area (Å²) in [6.07, 6.45) is 0.894. The molecule has 2 aromatic carbocycles. The summed E-state index contributed by atoms with van der Waals surface area (Å²) in [6, 6.07) is 12.1. The van der Waals surface area contributed by atoms with Crippen LogP contribution in [0.2, 0.25) is 0 Å². The third-order valence-corrected chi connectivity index (χ3v) is 5.42. The quantitative estimate of drug-likeness (QED) is 0.529. The number of phenols is 1. The molecule has 8 heteroatoms. The van der Waals surface area contributed by atoms with Crippen LogP contribution in [0.3, 0.4) is 0 Å². The van der Waals surface area contributed by atoms with Gasteiger partial charge in [-0.05, 0) is 61.6 Å². The van der Waals surface area contributed by atoms with Crippen molar-refractivity contribution in [3.05, 3.63) is 59.2 Å². The average Bonchev–Trinajstić information content (AvgIpc) is 2.58. The lowest BCUT2D eigenvalue weighted by Crippen LogP contribution is -2.31. The van der Waals surface area contributed by atoms with E-state index in [-0.39, 0.29) is 29.1 Å². The van der Waals surface area contributed by atoms with E-state index in [2.05, 4.69) is 5.32 Å². The Balaban J connectivity index is 0.00000364. The molecule has 2 aromatic rings. The van der Waals surface area contributed by atoms with Crippen LogP contribution >= 0.6 is 12.4 Å². The Bertz CT molecular complexity index is 841. The van der Waals surface area contributed by atoms with E-state index >= 15 is 0 Å². The Labute approximate surface area is 166 Å². The van der Waals surface area contributed by atoms with Crippen LogP contribution in [-0.4, -0.2) is 31.2 Å². The van der Waals surface area contributed by atoms with E-state index in [0.717, 1.165) is 18.4 Å². The zero-order valence-electron chi connectivity index (χ0n) is 15.4. The van der Waals surface area contributed by atoms with Gasteiger partial charge in [0.1, 0.15) is 5.75 Å². The molecule has 6 nitrogen and oxygen atoms in total. The molecule has 0 bridgehead atoms. The number of aliphatic hydroxyl groups is 1. The number of nitrogens with one attached hydrogen (secondary N) is 1. The molecular formula is C19H27ClN2O4S. The molecule has 5 N–H and O–H groups in total. The van der Waals surface area contributed by atoms with E-state index in [1.807, 2.05) is 19.1 Å². The molecule has 0 aromatic heterocycles. The van der Waals surface area contributed by atoms with Gasteiger partial charge in [-0.3, -0.25) is 0 Å². The van der Waals surface area contributed by atoms with E-state index in [4.69, 9.17) is 5.14 Å². The molecule has 0 fully saturated rings. The largest absolute Gasteiger partial charge is 0.508 e. The van der Waals surface area contributed by atoms with Crippen molar-refractivity contribution < 1.29 is 18.6 Å². The number of sulfonamides is 1. The van der Waals surface area contributed by atoms with Gasteiger partial charge in [0.2, 0.25) is 10.0 Å². The molecule has 2 atom stereocenters. The molecule has 150 valence electrons. The van der Waals surface area contributed by atoms with Gasteiger partial charge in [-0.1, -0.05) is 24.3 Å². The molecule has 0 aliphatic heterocycles. The topological polar surface area (TPSA) is 113 Å². The van der Waals surface area contributed by atoms with E-state index in [0.29, 0.717) is 17.7 Å². The highest BCUT2D eigenvalue weighted by atomic mass is 35.5. The average molecular weight is 415 g/mol. The van der Waals surface area contributed by atoms with Crippen LogP contribution in [-0.2, 0) is 16.4 Å². The van der Waals surface area contributed by atoms with Gasteiger partial charge in [0, 0.05) is 12.6 Å². The molecule has 0 aliphatic rings. The summed E-state index contributed by atoms with van der Waals surface area (Å²) in [5.41, 5.74) is 2.20. The van der Waals surface area contributed by atoms with E-state index in [1.165, 1.54) is 6.07 Å². The first kappa shape index (κ1) is 23.4. The molecule has 0 aliphatic carbocycles. The predicted octanol–water partition coefficient (Wildman–Crippen LogP) is 2.41. The van der Waals surface area contributed by atoms with Gasteiger partial charge in [0.25, 0.3) is 0 Å². The van der Waals surface area contributed by atoms with Gasteiger partial charge >= 0.3 is 0 Å². The zero-order chi connectivity index (χ0) is 19.3. The number of nitrogens with two attached hydrogens (primary N) is 1. The number of halogens is 1. The van der Waals surface area contributed by atoms with Crippen molar-refractivity contribution in [2.24, 2.45) is 5.14 Å². The molecule has 0 spiro atoms. The number of hydrogen-bond donors (Lipinski definition) is 4. The first-order chi connectivity index (χ1) is 12.2. The third-order valence-electron chi connectivity index (χ3n) is 4.37. The van der Waals surface area contributed by atoms with Gasteiger partial charge in [-0.15, -0.1) is 12.4 Å². The smallest absolute Gasteiger partial charge is 0.238 e. The number of benzene rings is 2. The van der Waals surface area contributed by atoms with Crippen LogP contribution in [0.15, 0.2) is 47.4 Å². The molecule has 2 rings (SSSR count). The third kappa shape index (κ3) is 7.12. The van der Waals surface area contributed by atoms with Crippen molar-refractivity contribution in [3.63, 3.8) is 0 Å². The Kier molecular flexibility index (Phi) is 8.71. The van der Waals surface area contributed by atoms with Crippen molar-refractivity contribution in [1.29, 1.82) is 0 Å². The van der Waals surface area contributed by atoms with Crippen molar-refractivity contribution in [2.75, 3.05) is 6.54 Å². The molecule has 0 amide bonds. The highest BCUT2D eigenvalue weighted by molar-refractivity contribution is 7.89. The minimum Gasteiger partial charge on any atom is -0.508 e. The van der Waals surface area contributed by atoms with E-state index in [1.54, 1.807) is 31.2 Å².